The first-order chi connectivity index (χ1) is 8.15. The quantitative estimate of drug-likeness (QED) is 0.750. The molecule has 0 radical (unpaired) electrons. The number of carbonyl (C=O) groups is 1. The van der Waals surface area contributed by atoms with E-state index in [4.69, 9.17) is 9.47 Å². The highest BCUT2D eigenvalue weighted by Gasteiger charge is 2.40. The molecule has 0 aromatic rings. The average molecular weight is 243 g/mol. The molecule has 1 spiro atoms. The molecule has 5 heteroatoms. The Hall–Kier alpha value is -0.810. The summed E-state index contributed by atoms with van der Waals surface area (Å²) >= 11 is 0. The third-order valence-corrected chi connectivity index (χ3v) is 3.67. The van der Waals surface area contributed by atoms with Crippen LogP contribution in [0.1, 0.15) is 32.6 Å². The molecule has 5 nitrogen and oxygen atoms in total. The molecule has 0 aromatic heterocycles. The smallest absolute Gasteiger partial charge is 0.409 e. The van der Waals surface area contributed by atoms with E-state index < -0.39 is 0 Å². The molecule has 2 aliphatic heterocycles. The highest BCUT2D eigenvalue weighted by atomic mass is 16.6. The van der Waals surface area contributed by atoms with Gasteiger partial charge in [0, 0.05) is 26.1 Å². The Morgan fingerprint density at radius 1 is 1.53 bits per heavy atom. The van der Waals surface area contributed by atoms with Gasteiger partial charge in [-0.1, -0.05) is 0 Å². The van der Waals surface area contributed by atoms with Crippen LogP contribution in [0.4, 0.5) is 4.79 Å². The summed E-state index contributed by atoms with van der Waals surface area (Å²) in [6, 6.07) is 0. The van der Waals surface area contributed by atoms with Crippen molar-refractivity contribution in [3.63, 3.8) is 0 Å². The van der Waals surface area contributed by atoms with Gasteiger partial charge in [0.15, 0.2) is 0 Å². The van der Waals surface area contributed by atoms with Gasteiger partial charge in [-0.05, 0) is 26.2 Å². The fraction of sp³-hybridized carbons (Fsp3) is 0.917. The van der Waals surface area contributed by atoms with Gasteiger partial charge >= 0.3 is 6.09 Å². The van der Waals surface area contributed by atoms with Crippen molar-refractivity contribution in [3.8, 4) is 0 Å². The maximum atomic E-state index is 11.5. The Balaban J connectivity index is 1.86. The molecule has 0 bridgehead atoms. The lowest BCUT2D eigenvalue weighted by Gasteiger charge is -2.44. The zero-order valence-electron chi connectivity index (χ0n) is 10.4. The van der Waals surface area contributed by atoms with Crippen LogP contribution >= 0.6 is 0 Å². The number of aliphatic hydroxyl groups excluding tert-OH is 1. The van der Waals surface area contributed by atoms with Crippen molar-refractivity contribution in [3.05, 3.63) is 0 Å². The summed E-state index contributed by atoms with van der Waals surface area (Å²) in [4.78, 5) is 13.3. The maximum Gasteiger partial charge on any atom is 0.409 e. The molecule has 1 N–H and O–H groups in total. The minimum Gasteiger partial charge on any atom is -0.450 e. The fourth-order valence-electron chi connectivity index (χ4n) is 2.66. The van der Waals surface area contributed by atoms with Crippen molar-refractivity contribution in [2.75, 3.05) is 26.3 Å². The second kappa shape index (κ2) is 5.23. The number of ether oxygens (including phenoxy) is 2. The van der Waals surface area contributed by atoms with E-state index in [9.17, 15) is 9.90 Å². The number of piperidine rings is 1. The minimum absolute atomic E-state index is 0.208. The maximum absolute atomic E-state index is 11.5. The van der Waals surface area contributed by atoms with E-state index in [-0.39, 0.29) is 17.8 Å². The SMILES string of the molecule is CCOC(=O)N1CCC2(CC1)CC(O)CCO2. The van der Waals surface area contributed by atoms with Gasteiger partial charge in [-0.15, -0.1) is 0 Å². The summed E-state index contributed by atoms with van der Waals surface area (Å²) in [7, 11) is 0. The molecule has 1 unspecified atom stereocenters. The predicted octanol–water partition coefficient (Wildman–Crippen LogP) is 1.15. The van der Waals surface area contributed by atoms with E-state index in [2.05, 4.69) is 0 Å². The lowest BCUT2D eigenvalue weighted by atomic mass is 9.83. The summed E-state index contributed by atoms with van der Waals surface area (Å²) in [6.45, 7) is 4.16. The molecule has 0 aliphatic carbocycles. The molecule has 1 atom stereocenters. The van der Waals surface area contributed by atoms with Crippen LogP contribution in [0.15, 0.2) is 0 Å². The summed E-state index contributed by atoms with van der Waals surface area (Å²) in [5.74, 6) is 0. The second-order valence-electron chi connectivity index (χ2n) is 4.86. The van der Waals surface area contributed by atoms with Crippen molar-refractivity contribution in [2.24, 2.45) is 0 Å². The summed E-state index contributed by atoms with van der Waals surface area (Å²) in [6.07, 6.45) is 2.52. The summed E-state index contributed by atoms with van der Waals surface area (Å²) < 4.78 is 10.8. The third-order valence-electron chi connectivity index (χ3n) is 3.67. The van der Waals surface area contributed by atoms with Crippen molar-refractivity contribution >= 4 is 6.09 Å². The number of aliphatic hydroxyl groups is 1. The lowest BCUT2D eigenvalue weighted by molar-refractivity contribution is -0.140. The number of carbonyl (C=O) groups excluding carboxylic acids is 1. The van der Waals surface area contributed by atoms with Gasteiger partial charge in [0.05, 0.1) is 18.3 Å². The van der Waals surface area contributed by atoms with Gasteiger partial charge in [0.1, 0.15) is 0 Å². The summed E-state index contributed by atoms with van der Waals surface area (Å²) in [5, 5.41) is 9.70. The molecular weight excluding hydrogens is 222 g/mol. The first-order valence-corrected chi connectivity index (χ1v) is 6.39. The van der Waals surface area contributed by atoms with E-state index in [0.717, 1.165) is 19.3 Å². The zero-order valence-corrected chi connectivity index (χ0v) is 10.4. The standard InChI is InChI=1S/C12H21NO4/c1-2-16-11(15)13-6-4-12(5-7-13)9-10(14)3-8-17-12/h10,14H,2-9H2,1H3. The van der Waals surface area contributed by atoms with E-state index in [1.54, 1.807) is 4.90 Å². The Morgan fingerprint density at radius 2 is 2.24 bits per heavy atom. The third kappa shape index (κ3) is 2.90. The van der Waals surface area contributed by atoms with Crippen LogP contribution in [0.25, 0.3) is 0 Å². The molecule has 2 heterocycles. The number of likely N-dealkylation sites (tertiary alicyclic amines) is 1. The molecular formula is C12H21NO4. The van der Waals surface area contributed by atoms with Crippen LogP contribution in [0.3, 0.4) is 0 Å². The van der Waals surface area contributed by atoms with Crippen LogP contribution in [-0.2, 0) is 9.47 Å². The molecule has 98 valence electrons. The number of hydrogen-bond acceptors (Lipinski definition) is 4. The van der Waals surface area contributed by atoms with E-state index >= 15 is 0 Å². The second-order valence-corrected chi connectivity index (χ2v) is 4.86. The van der Waals surface area contributed by atoms with Crippen molar-refractivity contribution < 1.29 is 19.4 Å². The molecule has 0 saturated carbocycles. The van der Waals surface area contributed by atoms with Crippen LogP contribution < -0.4 is 0 Å². The van der Waals surface area contributed by atoms with Crippen LogP contribution in [0, 0.1) is 0 Å². The molecule has 2 aliphatic rings. The molecule has 2 rings (SSSR count). The molecule has 0 aromatic carbocycles. The van der Waals surface area contributed by atoms with E-state index in [1.807, 2.05) is 6.92 Å². The van der Waals surface area contributed by atoms with Crippen molar-refractivity contribution in [2.45, 2.75) is 44.3 Å². The van der Waals surface area contributed by atoms with Gasteiger partial charge in [-0.25, -0.2) is 4.79 Å². The molecule has 2 saturated heterocycles. The first kappa shape index (κ1) is 12.6. The monoisotopic (exact) mass is 243 g/mol. The molecule has 1 amide bonds. The molecule has 2 fully saturated rings. The van der Waals surface area contributed by atoms with Gasteiger partial charge in [0.2, 0.25) is 0 Å². The summed E-state index contributed by atoms with van der Waals surface area (Å²) in [5.41, 5.74) is -0.208. The van der Waals surface area contributed by atoms with Crippen molar-refractivity contribution in [1.82, 2.24) is 4.90 Å². The number of nitrogens with zero attached hydrogens (tertiary/aromatic N) is 1. The van der Waals surface area contributed by atoms with E-state index in [1.165, 1.54) is 0 Å². The normalized spacial score (nSPS) is 28.1. The zero-order chi connectivity index (χ0) is 12.3. The van der Waals surface area contributed by atoms with Gasteiger partial charge < -0.3 is 19.5 Å². The predicted molar refractivity (Wildman–Crippen MR) is 61.8 cm³/mol. The largest absolute Gasteiger partial charge is 0.450 e. The average Bonchev–Trinajstić information content (AvgIpc) is 2.30. The highest BCUT2D eigenvalue weighted by molar-refractivity contribution is 5.67. The topological polar surface area (TPSA) is 59.0 Å². The van der Waals surface area contributed by atoms with Crippen LogP contribution in [-0.4, -0.2) is 54.1 Å². The van der Waals surface area contributed by atoms with E-state index in [0.29, 0.717) is 32.7 Å². The first-order valence-electron chi connectivity index (χ1n) is 6.39. The highest BCUT2D eigenvalue weighted by Crippen LogP contribution is 2.35. The number of amides is 1. The number of hydrogen-bond donors (Lipinski definition) is 1. The Kier molecular flexibility index (Phi) is 3.89. The van der Waals surface area contributed by atoms with Gasteiger partial charge in [-0.2, -0.15) is 0 Å². The molecule has 17 heavy (non-hydrogen) atoms. The Morgan fingerprint density at radius 3 is 2.82 bits per heavy atom. The lowest BCUT2D eigenvalue weighted by Crippen LogP contribution is -2.51. The van der Waals surface area contributed by atoms with Crippen LogP contribution in [0.5, 0.6) is 0 Å². The van der Waals surface area contributed by atoms with Gasteiger partial charge in [0.25, 0.3) is 0 Å². The Bertz CT molecular complexity index is 274. The van der Waals surface area contributed by atoms with Crippen LogP contribution in [0.2, 0.25) is 0 Å². The minimum atomic E-state index is -0.252. The van der Waals surface area contributed by atoms with Crippen molar-refractivity contribution in [1.29, 1.82) is 0 Å². The number of rotatable bonds is 1. The Labute approximate surface area is 102 Å². The van der Waals surface area contributed by atoms with Gasteiger partial charge in [-0.3, -0.25) is 0 Å². The fourth-order valence-corrected chi connectivity index (χ4v) is 2.66.